The summed E-state index contributed by atoms with van der Waals surface area (Å²) in [5, 5.41) is 10.7. The zero-order valence-electron chi connectivity index (χ0n) is 18.0. The quantitative estimate of drug-likeness (QED) is 0.638. The number of pyridine rings is 1. The van der Waals surface area contributed by atoms with Gasteiger partial charge in [0.15, 0.2) is 0 Å². The first-order valence-electron chi connectivity index (χ1n) is 11.2. The van der Waals surface area contributed by atoms with Crippen molar-refractivity contribution in [1.82, 2.24) is 14.9 Å². The number of hydrogen-bond donors (Lipinski definition) is 2. The molecular weight excluding hydrogens is 462 g/mol. The Morgan fingerprint density at radius 2 is 1.94 bits per heavy atom. The minimum absolute atomic E-state index is 0.0196. The number of carboxylic acids is 1. The molecule has 2 bridgehead atoms. The Bertz CT molecular complexity index is 1220. The van der Waals surface area contributed by atoms with Crippen LogP contribution >= 0.6 is 23.1 Å². The Morgan fingerprint density at radius 3 is 2.58 bits per heavy atom. The number of carbonyl (C=O) groups excluding carboxylic acids is 2. The minimum atomic E-state index is -1.14. The predicted octanol–water partition coefficient (Wildman–Crippen LogP) is 2.41. The van der Waals surface area contributed by atoms with E-state index in [1.165, 1.54) is 11.3 Å². The SMILES string of the molecule is CC(C)[C@H](C(=O)O)N1C(=O)[C@@H]2[C@H]3C[C@@H]([C@@H]2C1=O)[C@@H]1[C@@H](c2cccnc2)c2sc(=O)[nH]c2S[C@H]31. The second-order valence-electron chi connectivity index (χ2n) is 9.82. The third-order valence-corrected chi connectivity index (χ3v) is 10.6. The highest BCUT2D eigenvalue weighted by atomic mass is 32.2. The molecule has 0 spiro atoms. The standard InChI is InChI=1S/C23H23N3O5S2/c1-8(2)16(22(29)30)26-20(27)14-10-6-11(15(14)21(26)28)17-13(10)12(9-4-3-5-24-7-9)18-19(32-17)25-23(31)33-18/h3-5,7-8,10-17H,6H2,1-2H3,(H,25,31)(H,29,30)/t10-,11-,12-,13-,14+,15-,16-,17-/m1/s1. The van der Waals surface area contributed by atoms with E-state index in [9.17, 15) is 24.3 Å². The number of nitrogens with zero attached hydrogens (tertiary/aromatic N) is 2. The van der Waals surface area contributed by atoms with Crippen LogP contribution in [-0.2, 0) is 14.4 Å². The second-order valence-corrected chi connectivity index (χ2v) is 12.0. The number of rotatable bonds is 4. The maximum atomic E-state index is 13.6. The van der Waals surface area contributed by atoms with Crippen molar-refractivity contribution < 1.29 is 19.5 Å². The second kappa shape index (κ2) is 7.27. The molecule has 2 aliphatic carbocycles. The number of likely N-dealkylation sites (tertiary alicyclic amines) is 1. The number of thioether (sulfide) groups is 1. The van der Waals surface area contributed by atoms with Gasteiger partial charge in [0, 0.05) is 28.4 Å². The molecule has 172 valence electrons. The van der Waals surface area contributed by atoms with Gasteiger partial charge in [-0.1, -0.05) is 31.3 Å². The van der Waals surface area contributed by atoms with Gasteiger partial charge >= 0.3 is 10.8 Å². The number of imide groups is 1. The average molecular weight is 486 g/mol. The van der Waals surface area contributed by atoms with Crippen LogP contribution in [0.1, 0.15) is 36.6 Å². The zero-order chi connectivity index (χ0) is 23.2. The third kappa shape index (κ3) is 2.79. The van der Waals surface area contributed by atoms with Gasteiger partial charge in [-0.3, -0.25) is 24.3 Å². The molecule has 4 aliphatic rings. The van der Waals surface area contributed by atoms with E-state index in [-0.39, 0.29) is 51.5 Å². The normalized spacial score (nSPS) is 35.0. The number of hydrogen-bond acceptors (Lipinski definition) is 7. The number of nitrogens with one attached hydrogen (secondary N) is 1. The average Bonchev–Trinajstić information content (AvgIpc) is 3.49. The number of amides is 2. The van der Waals surface area contributed by atoms with Gasteiger partial charge < -0.3 is 10.1 Å². The van der Waals surface area contributed by atoms with Crippen molar-refractivity contribution in [3.05, 3.63) is 44.6 Å². The maximum absolute atomic E-state index is 13.6. The van der Waals surface area contributed by atoms with Crippen molar-refractivity contribution in [2.75, 3.05) is 0 Å². The van der Waals surface area contributed by atoms with Gasteiger partial charge in [-0.2, -0.15) is 0 Å². The third-order valence-electron chi connectivity index (χ3n) is 7.96. The highest BCUT2D eigenvalue weighted by molar-refractivity contribution is 8.00. The van der Waals surface area contributed by atoms with Crippen LogP contribution in [0.3, 0.4) is 0 Å². The number of aromatic amines is 1. The largest absolute Gasteiger partial charge is 0.480 e. The van der Waals surface area contributed by atoms with Crippen LogP contribution in [0.25, 0.3) is 0 Å². The molecule has 6 rings (SSSR count). The molecule has 1 saturated heterocycles. The van der Waals surface area contributed by atoms with E-state index in [1.807, 2.05) is 18.3 Å². The topological polar surface area (TPSA) is 120 Å². The number of fused-ring (bicyclic) bond motifs is 9. The first-order chi connectivity index (χ1) is 15.8. The van der Waals surface area contributed by atoms with E-state index in [0.29, 0.717) is 0 Å². The summed E-state index contributed by atoms with van der Waals surface area (Å²) in [5.74, 6) is -3.17. The number of aromatic nitrogens is 2. The lowest BCUT2D eigenvalue weighted by atomic mass is 9.68. The molecule has 2 aromatic heterocycles. The molecule has 10 heteroatoms. The summed E-state index contributed by atoms with van der Waals surface area (Å²) >= 11 is 2.83. The van der Waals surface area contributed by atoms with Crippen molar-refractivity contribution in [3.63, 3.8) is 0 Å². The Morgan fingerprint density at radius 1 is 1.21 bits per heavy atom. The fourth-order valence-electron chi connectivity index (χ4n) is 6.94. The molecule has 2 aliphatic heterocycles. The van der Waals surface area contributed by atoms with E-state index in [0.717, 1.165) is 26.8 Å². The van der Waals surface area contributed by atoms with Gasteiger partial charge in [0.25, 0.3) is 0 Å². The van der Waals surface area contributed by atoms with Crippen LogP contribution in [0.2, 0.25) is 0 Å². The van der Waals surface area contributed by atoms with Gasteiger partial charge in [-0.15, -0.1) is 11.8 Å². The first-order valence-corrected chi connectivity index (χ1v) is 12.9. The van der Waals surface area contributed by atoms with Crippen molar-refractivity contribution in [2.24, 2.45) is 35.5 Å². The van der Waals surface area contributed by atoms with Crippen LogP contribution < -0.4 is 4.87 Å². The monoisotopic (exact) mass is 485 g/mol. The molecule has 2 amide bonds. The smallest absolute Gasteiger partial charge is 0.327 e. The van der Waals surface area contributed by atoms with Gasteiger partial charge in [0.1, 0.15) is 6.04 Å². The fraction of sp³-hybridized carbons (Fsp3) is 0.522. The summed E-state index contributed by atoms with van der Waals surface area (Å²) in [5.41, 5.74) is 1.01. The maximum Gasteiger partial charge on any atom is 0.327 e. The van der Waals surface area contributed by atoms with Crippen molar-refractivity contribution in [3.8, 4) is 0 Å². The Balaban J connectivity index is 1.44. The lowest BCUT2D eigenvalue weighted by molar-refractivity contribution is -0.157. The molecule has 2 aromatic rings. The zero-order valence-corrected chi connectivity index (χ0v) is 19.6. The number of H-pyrrole nitrogens is 1. The lowest BCUT2D eigenvalue weighted by Crippen LogP contribution is -2.49. The molecule has 0 aromatic carbocycles. The highest BCUT2D eigenvalue weighted by Gasteiger charge is 2.70. The van der Waals surface area contributed by atoms with Crippen LogP contribution in [0, 0.1) is 35.5 Å². The van der Waals surface area contributed by atoms with Gasteiger partial charge in [0.05, 0.1) is 16.9 Å². The van der Waals surface area contributed by atoms with Crippen molar-refractivity contribution >= 4 is 40.9 Å². The fourth-order valence-corrected chi connectivity index (χ4v) is 9.83. The van der Waals surface area contributed by atoms with Crippen molar-refractivity contribution in [2.45, 2.75) is 42.5 Å². The predicted molar refractivity (Wildman–Crippen MR) is 121 cm³/mol. The van der Waals surface area contributed by atoms with Crippen LogP contribution in [0.5, 0.6) is 0 Å². The molecule has 2 saturated carbocycles. The molecule has 8 atom stereocenters. The van der Waals surface area contributed by atoms with E-state index in [1.54, 1.807) is 31.8 Å². The van der Waals surface area contributed by atoms with Crippen LogP contribution in [-0.4, -0.2) is 49.0 Å². The molecular formula is C23H23N3O5S2. The number of carbonyl (C=O) groups is 3. The molecule has 8 nitrogen and oxygen atoms in total. The number of thiazole rings is 1. The summed E-state index contributed by atoms with van der Waals surface area (Å²) in [7, 11) is 0. The number of aliphatic carboxylic acids is 1. The minimum Gasteiger partial charge on any atom is -0.480 e. The van der Waals surface area contributed by atoms with Gasteiger partial charge in [0.2, 0.25) is 11.8 Å². The van der Waals surface area contributed by atoms with Crippen molar-refractivity contribution in [1.29, 1.82) is 0 Å². The van der Waals surface area contributed by atoms with E-state index >= 15 is 0 Å². The molecule has 4 heterocycles. The highest BCUT2D eigenvalue weighted by Crippen LogP contribution is 2.68. The Labute approximate surface area is 197 Å². The Kier molecular flexibility index (Phi) is 4.65. The molecule has 33 heavy (non-hydrogen) atoms. The summed E-state index contributed by atoms with van der Waals surface area (Å²) in [6.45, 7) is 3.45. The summed E-state index contributed by atoms with van der Waals surface area (Å²) < 4.78 is 0. The Hall–Kier alpha value is -2.46. The summed E-state index contributed by atoms with van der Waals surface area (Å²) in [6.07, 6.45) is 4.31. The van der Waals surface area contributed by atoms with Crippen LogP contribution in [0.4, 0.5) is 0 Å². The summed E-state index contributed by atoms with van der Waals surface area (Å²) in [6, 6.07) is 2.75. The van der Waals surface area contributed by atoms with E-state index < -0.39 is 23.8 Å². The van der Waals surface area contributed by atoms with Gasteiger partial charge in [-0.25, -0.2) is 4.79 Å². The number of carboxylic acid groups (broad SMARTS) is 1. The van der Waals surface area contributed by atoms with Crippen LogP contribution in [0.15, 0.2) is 34.3 Å². The molecule has 0 unspecified atom stereocenters. The van der Waals surface area contributed by atoms with Gasteiger partial charge in [-0.05, 0) is 41.7 Å². The molecule has 0 radical (unpaired) electrons. The molecule has 2 N–H and O–H groups in total. The molecule has 3 fully saturated rings. The lowest BCUT2D eigenvalue weighted by Gasteiger charge is -2.42. The van der Waals surface area contributed by atoms with E-state index in [2.05, 4.69) is 9.97 Å². The van der Waals surface area contributed by atoms with E-state index in [4.69, 9.17) is 0 Å². The first kappa shape index (κ1) is 21.1. The summed E-state index contributed by atoms with van der Waals surface area (Å²) in [4.78, 5) is 60.5.